The highest BCUT2D eigenvalue weighted by Crippen LogP contribution is 2.25. The summed E-state index contributed by atoms with van der Waals surface area (Å²) in [5.74, 6) is 0. The standard InChI is InChI=1S/C11H9BrN2O/c12-9-6-13-7-14-10(9)11(15)8-4-2-1-3-5-8/h1-7,11,15H. The molecule has 1 unspecified atom stereocenters. The SMILES string of the molecule is OC(c1ccccc1)c1ncncc1Br. The second-order valence-electron chi connectivity index (χ2n) is 3.07. The fraction of sp³-hybridized carbons (Fsp3) is 0.0909. The molecule has 0 saturated heterocycles. The first-order chi connectivity index (χ1) is 7.29. The van der Waals surface area contributed by atoms with Crippen molar-refractivity contribution in [1.29, 1.82) is 0 Å². The Hall–Kier alpha value is -1.26. The Labute approximate surface area is 96.0 Å². The predicted octanol–water partition coefficient (Wildman–Crippen LogP) is 2.32. The minimum atomic E-state index is -0.719. The summed E-state index contributed by atoms with van der Waals surface area (Å²) in [5.41, 5.74) is 1.40. The van der Waals surface area contributed by atoms with Gasteiger partial charge in [0.25, 0.3) is 0 Å². The molecule has 1 N–H and O–H groups in total. The Bertz CT molecular complexity index is 447. The van der Waals surface area contributed by atoms with E-state index in [0.29, 0.717) is 10.2 Å². The van der Waals surface area contributed by atoms with E-state index in [4.69, 9.17) is 0 Å². The predicted molar refractivity (Wildman–Crippen MR) is 60.2 cm³/mol. The van der Waals surface area contributed by atoms with Crippen LogP contribution in [-0.4, -0.2) is 15.1 Å². The molecule has 0 aliphatic carbocycles. The first-order valence-corrected chi connectivity index (χ1v) is 5.27. The third-order valence-electron chi connectivity index (χ3n) is 2.07. The van der Waals surface area contributed by atoms with Crippen LogP contribution in [0.3, 0.4) is 0 Å². The number of hydrogen-bond donors (Lipinski definition) is 1. The molecule has 1 aromatic heterocycles. The van der Waals surface area contributed by atoms with Crippen LogP contribution in [0.15, 0.2) is 47.3 Å². The number of hydrogen-bond acceptors (Lipinski definition) is 3. The number of halogens is 1. The highest BCUT2D eigenvalue weighted by molar-refractivity contribution is 9.10. The summed E-state index contributed by atoms with van der Waals surface area (Å²) < 4.78 is 0.710. The van der Waals surface area contributed by atoms with Gasteiger partial charge in [-0.3, -0.25) is 0 Å². The first kappa shape index (κ1) is 10.3. The van der Waals surface area contributed by atoms with Gasteiger partial charge in [0.1, 0.15) is 12.4 Å². The summed E-state index contributed by atoms with van der Waals surface area (Å²) in [6, 6.07) is 9.39. The molecule has 0 radical (unpaired) electrons. The molecular formula is C11H9BrN2O. The van der Waals surface area contributed by atoms with E-state index in [1.54, 1.807) is 6.20 Å². The van der Waals surface area contributed by atoms with Crippen LogP contribution in [-0.2, 0) is 0 Å². The van der Waals surface area contributed by atoms with Crippen molar-refractivity contribution in [1.82, 2.24) is 9.97 Å². The lowest BCUT2D eigenvalue weighted by Crippen LogP contribution is -2.03. The molecule has 15 heavy (non-hydrogen) atoms. The van der Waals surface area contributed by atoms with Crippen molar-refractivity contribution in [2.75, 3.05) is 0 Å². The summed E-state index contributed by atoms with van der Waals surface area (Å²) in [5, 5.41) is 10.1. The van der Waals surface area contributed by atoms with Gasteiger partial charge in [-0.15, -0.1) is 0 Å². The van der Waals surface area contributed by atoms with Crippen LogP contribution < -0.4 is 0 Å². The fourth-order valence-corrected chi connectivity index (χ4v) is 1.75. The van der Waals surface area contributed by atoms with Crippen molar-refractivity contribution in [2.24, 2.45) is 0 Å². The van der Waals surface area contributed by atoms with Crippen molar-refractivity contribution in [3.63, 3.8) is 0 Å². The Morgan fingerprint density at radius 3 is 2.60 bits per heavy atom. The zero-order valence-electron chi connectivity index (χ0n) is 7.84. The van der Waals surface area contributed by atoms with Crippen LogP contribution in [0.1, 0.15) is 17.4 Å². The largest absolute Gasteiger partial charge is 0.382 e. The lowest BCUT2D eigenvalue weighted by Gasteiger charge is -2.11. The Balaban J connectivity index is 2.37. The summed E-state index contributed by atoms with van der Waals surface area (Å²) in [6.45, 7) is 0. The smallest absolute Gasteiger partial charge is 0.122 e. The second-order valence-corrected chi connectivity index (χ2v) is 3.92. The van der Waals surface area contributed by atoms with Crippen LogP contribution in [0.25, 0.3) is 0 Å². The highest BCUT2D eigenvalue weighted by atomic mass is 79.9. The molecule has 0 spiro atoms. The molecule has 76 valence electrons. The van der Waals surface area contributed by atoms with Crippen molar-refractivity contribution < 1.29 is 5.11 Å². The van der Waals surface area contributed by atoms with Crippen LogP contribution in [0.2, 0.25) is 0 Å². The number of nitrogens with zero attached hydrogens (tertiary/aromatic N) is 2. The van der Waals surface area contributed by atoms with Gasteiger partial charge >= 0.3 is 0 Å². The van der Waals surface area contributed by atoms with Crippen LogP contribution in [0, 0.1) is 0 Å². The Morgan fingerprint density at radius 2 is 1.93 bits per heavy atom. The van der Waals surface area contributed by atoms with E-state index in [2.05, 4.69) is 25.9 Å². The van der Waals surface area contributed by atoms with Gasteiger partial charge < -0.3 is 5.11 Å². The van der Waals surface area contributed by atoms with Crippen LogP contribution >= 0.6 is 15.9 Å². The molecule has 1 atom stereocenters. The number of benzene rings is 1. The Morgan fingerprint density at radius 1 is 1.20 bits per heavy atom. The molecule has 0 bridgehead atoms. The quantitative estimate of drug-likeness (QED) is 0.906. The van der Waals surface area contributed by atoms with Crippen molar-refractivity contribution in [3.8, 4) is 0 Å². The van der Waals surface area contributed by atoms with Gasteiger partial charge in [0, 0.05) is 6.20 Å². The Kier molecular flexibility index (Phi) is 3.08. The van der Waals surface area contributed by atoms with Crippen LogP contribution in [0.5, 0.6) is 0 Å². The number of aromatic nitrogens is 2. The molecule has 2 rings (SSSR count). The van der Waals surface area contributed by atoms with Gasteiger partial charge in [0.05, 0.1) is 10.2 Å². The van der Waals surface area contributed by atoms with E-state index in [9.17, 15) is 5.11 Å². The maximum atomic E-state index is 10.1. The first-order valence-electron chi connectivity index (χ1n) is 4.47. The molecule has 4 heteroatoms. The monoisotopic (exact) mass is 264 g/mol. The molecule has 0 aliphatic heterocycles. The number of aliphatic hydroxyl groups is 1. The lowest BCUT2D eigenvalue weighted by molar-refractivity contribution is 0.214. The van der Waals surface area contributed by atoms with E-state index in [-0.39, 0.29) is 0 Å². The van der Waals surface area contributed by atoms with E-state index in [1.807, 2.05) is 30.3 Å². The maximum absolute atomic E-state index is 10.1. The van der Waals surface area contributed by atoms with Crippen molar-refractivity contribution in [2.45, 2.75) is 6.10 Å². The number of aliphatic hydroxyl groups excluding tert-OH is 1. The average molecular weight is 265 g/mol. The van der Waals surface area contributed by atoms with Gasteiger partial charge in [-0.05, 0) is 21.5 Å². The second kappa shape index (κ2) is 4.51. The summed E-state index contributed by atoms with van der Waals surface area (Å²) in [4.78, 5) is 7.90. The molecule has 0 fully saturated rings. The molecule has 0 saturated carbocycles. The topological polar surface area (TPSA) is 46.0 Å². The zero-order valence-corrected chi connectivity index (χ0v) is 9.42. The molecular weight excluding hydrogens is 256 g/mol. The highest BCUT2D eigenvalue weighted by Gasteiger charge is 2.14. The third kappa shape index (κ3) is 2.22. The molecule has 0 aliphatic rings. The summed E-state index contributed by atoms with van der Waals surface area (Å²) >= 11 is 3.31. The molecule has 3 nitrogen and oxygen atoms in total. The third-order valence-corrected chi connectivity index (χ3v) is 2.68. The van der Waals surface area contributed by atoms with E-state index < -0.39 is 6.10 Å². The number of rotatable bonds is 2. The van der Waals surface area contributed by atoms with Crippen LogP contribution in [0.4, 0.5) is 0 Å². The van der Waals surface area contributed by atoms with Gasteiger partial charge in [-0.25, -0.2) is 9.97 Å². The zero-order chi connectivity index (χ0) is 10.7. The molecule has 1 heterocycles. The van der Waals surface area contributed by atoms with Gasteiger partial charge in [-0.1, -0.05) is 30.3 Å². The summed E-state index contributed by atoms with van der Waals surface area (Å²) in [6.07, 6.45) is 2.32. The molecule has 2 aromatic rings. The maximum Gasteiger partial charge on any atom is 0.122 e. The van der Waals surface area contributed by atoms with Gasteiger partial charge in [0.15, 0.2) is 0 Å². The fourth-order valence-electron chi connectivity index (χ4n) is 1.32. The summed E-state index contributed by atoms with van der Waals surface area (Å²) in [7, 11) is 0. The minimum Gasteiger partial charge on any atom is -0.382 e. The molecule has 1 aromatic carbocycles. The molecule has 0 amide bonds. The van der Waals surface area contributed by atoms with Gasteiger partial charge in [-0.2, -0.15) is 0 Å². The minimum absolute atomic E-state index is 0.580. The van der Waals surface area contributed by atoms with Crippen molar-refractivity contribution in [3.05, 3.63) is 58.6 Å². The van der Waals surface area contributed by atoms with E-state index >= 15 is 0 Å². The van der Waals surface area contributed by atoms with Crippen molar-refractivity contribution >= 4 is 15.9 Å². The lowest BCUT2D eigenvalue weighted by atomic mass is 10.1. The van der Waals surface area contributed by atoms with E-state index in [0.717, 1.165) is 5.56 Å². The normalized spacial score (nSPS) is 12.4. The average Bonchev–Trinajstić information content (AvgIpc) is 2.30. The van der Waals surface area contributed by atoms with Gasteiger partial charge in [0.2, 0.25) is 0 Å². The van der Waals surface area contributed by atoms with E-state index in [1.165, 1.54) is 6.33 Å².